The van der Waals surface area contributed by atoms with Crippen LogP contribution < -0.4 is 5.32 Å². The van der Waals surface area contributed by atoms with Crippen molar-refractivity contribution in [2.75, 3.05) is 11.5 Å². The zero-order valence-electron chi connectivity index (χ0n) is 11.3. The summed E-state index contributed by atoms with van der Waals surface area (Å²) >= 11 is 4.11. The van der Waals surface area contributed by atoms with Gasteiger partial charge in [0.1, 0.15) is 5.82 Å². The molecule has 3 rings (SSSR count). The lowest BCUT2D eigenvalue weighted by atomic mass is 10.2. The van der Waals surface area contributed by atoms with Crippen LogP contribution in [0.25, 0.3) is 0 Å². The third-order valence-electron chi connectivity index (χ3n) is 3.59. The molecule has 2 atom stereocenters. The van der Waals surface area contributed by atoms with Crippen molar-refractivity contribution in [3.8, 4) is 0 Å². The number of thioether (sulfide) groups is 2. The molecule has 2 unspecified atom stereocenters. The van der Waals surface area contributed by atoms with Crippen molar-refractivity contribution in [3.63, 3.8) is 0 Å². The van der Waals surface area contributed by atoms with E-state index in [4.69, 9.17) is 4.98 Å². The maximum atomic E-state index is 4.79. The highest BCUT2D eigenvalue weighted by Gasteiger charge is 2.28. The molecule has 0 amide bonds. The van der Waals surface area contributed by atoms with Gasteiger partial charge in [0, 0.05) is 35.5 Å². The van der Waals surface area contributed by atoms with E-state index in [0.29, 0.717) is 10.5 Å². The lowest BCUT2D eigenvalue weighted by molar-refractivity contribution is 0.661. The van der Waals surface area contributed by atoms with Crippen molar-refractivity contribution in [2.24, 2.45) is 0 Å². The van der Waals surface area contributed by atoms with Crippen LogP contribution in [0.2, 0.25) is 0 Å². The van der Waals surface area contributed by atoms with Crippen molar-refractivity contribution < 1.29 is 0 Å². The summed E-state index contributed by atoms with van der Waals surface area (Å²) in [5.74, 6) is 3.53. The van der Waals surface area contributed by atoms with Crippen LogP contribution >= 0.6 is 23.5 Å². The molecule has 1 saturated heterocycles. The molecule has 1 aromatic heterocycles. The summed E-state index contributed by atoms with van der Waals surface area (Å²) in [5, 5.41) is 4.67. The van der Waals surface area contributed by atoms with E-state index >= 15 is 0 Å². The van der Waals surface area contributed by atoms with Crippen molar-refractivity contribution in [1.29, 1.82) is 0 Å². The molecule has 5 heteroatoms. The number of hydrogen-bond donors (Lipinski definition) is 1. The zero-order chi connectivity index (χ0) is 13.1. The second kappa shape index (κ2) is 6.46. The predicted molar refractivity (Wildman–Crippen MR) is 83.6 cm³/mol. The third-order valence-corrected chi connectivity index (χ3v) is 6.83. The summed E-state index contributed by atoms with van der Waals surface area (Å²) in [7, 11) is 0. The standard InChI is InChI=1S/C14H21N3S2/c1-2-12-13(19-8-7-18-12)14-15-6-5-11(17-14)9-16-10-3-4-10/h5-6,10,12-13,16H,2-4,7-9H2,1H3. The molecular weight excluding hydrogens is 274 g/mol. The smallest absolute Gasteiger partial charge is 0.142 e. The Morgan fingerprint density at radius 3 is 2.95 bits per heavy atom. The van der Waals surface area contributed by atoms with Gasteiger partial charge < -0.3 is 5.32 Å². The van der Waals surface area contributed by atoms with Crippen LogP contribution in [0.15, 0.2) is 12.3 Å². The molecule has 1 saturated carbocycles. The molecule has 0 radical (unpaired) electrons. The monoisotopic (exact) mass is 295 g/mol. The highest BCUT2D eigenvalue weighted by molar-refractivity contribution is 8.06. The van der Waals surface area contributed by atoms with Crippen LogP contribution in [0, 0.1) is 0 Å². The number of aromatic nitrogens is 2. The van der Waals surface area contributed by atoms with E-state index in [1.165, 1.54) is 30.8 Å². The Morgan fingerprint density at radius 1 is 1.32 bits per heavy atom. The molecule has 104 valence electrons. The Kier molecular flexibility index (Phi) is 4.66. The van der Waals surface area contributed by atoms with Gasteiger partial charge in [0.25, 0.3) is 0 Å². The molecule has 1 aliphatic carbocycles. The fraction of sp³-hybridized carbons (Fsp3) is 0.714. The Balaban J connectivity index is 1.69. The molecule has 1 aliphatic heterocycles. The van der Waals surface area contributed by atoms with E-state index in [9.17, 15) is 0 Å². The van der Waals surface area contributed by atoms with Crippen molar-refractivity contribution >= 4 is 23.5 Å². The molecule has 3 nitrogen and oxygen atoms in total. The Bertz CT molecular complexity index is 423. The molecule has 19 heavy (non-hydrogen) atoms. The van der Waals surface area contributed by atoms with Gasteiger partial charge in [-0.3, -0.25) is 0 Å². The van der Waals surface area contributed by atoms with Gasteiger partial charge in [-0.2, -0.15) is 11.8 Å². The largest absolute Gasteiger partial charge is 0.308 e. The Hall–Kier alpha value is -0.260. The average Bonchev–Trinajstić information content (AvgIpc) is 3.29. The lowest BCUT2D eigenvalue weighted by Crippen LogP contribution is -2.22. The zero-order valence-corrected chi connectivity index (χ0v) is 13.0. The normalized spacial score (nSPS) is 27.4. The first-order valence-corrected chi connectivity index (χ1v) is 9.25. The molecule has 1 aromatic rings. The summed E-state index contributed by atoms with van der Waals surface area (Å²) in [4.78, 5) is 9.32. The van der Waals surface area contributed by atoms with E-state index < -0.39 is 0 Å². The summed E-state index contributed by atoms with van der Waals surface area (Å²) in [6.07, 6.45) is 5.78. The second-order valence-electron chi connectivity index (χ2n) is 5.17. The molecule has 0 spiro atoms. The van der Waals surface area contributed by atoms with E-state index in [-0.39, 0.29) is 0 Å². The van der Waals surface area contributed by atoms with Gasteiger partial charge in [-0.25, -0.2) is 9.97 Å². The van der Waals surface area contributed by atoms with E-state index in [1.807, 2.05) is 24.0 Å². The van der Waals surface area contributed by atoms with Crippen LogP contribution in [0.5, 0.6) is 0 Å². The van der Waals surface area contributed by atoms with Crippen LogP contribution in [-0.2, 0) is 6.54 Å². The van der Waals surface area contributed by atoms with Gasteiger partial charge in [-0.1, -0.05) is 6.92 Å². The topological polar surface area (TPSA) is 37.8 Å². The molecule has 1 N–H and O–H groups in total. The third kappa shape index (κ3) is 3.64. The van der Waals surface area contributed by atoms with Crippen LogP contribution in [0.1, 0.15) is 43.0 Å². The second-order valence-corrected chi connectivity index (χ2v) is 7.77. The highest BCUT2D eigenvalue weighted by atomic mass is 32.2. The van der Waals surface area contributed by atoms with Crippen LogP contribution in [-0.4, -0.2) is 32.8 Å². The van der Waals surface area contributed by atoms with E-state index in [0.717, 1.165) is 24.1 Å². The van der Waals surface area contributed by atoms with Gasteiger partial charge in [0.15, 0.2) is 0 Å². The molecule has 0 bridgehead atoms. The lowest BCUT2D eigenvalue weighted by Gasteiger charge is -2.28. The van der Waals surface area contributed by atoms with Crippen LogP contribution in [0.4, 0.5) is 0 Å². The van der Waals surface area contributed by atoms with Gasteiger partial charge in [-0.05, 0) is 25.3 Å². The van der Waals surface area contributed by atoms with Gasteiger partial charge in [0.05, 0.1) is 10.9 Å². The maximum Gasteiger partial charge on any atom is 0.142 e. The van der Waals surface area contributed by atoms with E-state index in [1.54, 1.807) is 0 Å². The Morgan fingerprint density at radius 2 is 2.16 bits per heavy atom. The van der Waals surface area contributed by atoms with E-state index in [2.05, 4.69) is 29.0 Å². The van der Waals surface area contributed by atoms with Crippen molar-refractivity contribution in [1.82, 2.24) is 15.3 Å². The first-order valence-electron chi connectivity index (χ1n) is 7.15. The van der Waals surface area contributed by atoms with Gasteiger partial charge in [0.2, 0.25) is 0 Å². The first kappa shape index (κ1) is 13.7. The minimum atomic E-state index is 0.477. The number of hydrogen-bond acceptors (Lipinski definition) is 5. The number of rotatable bonds is 5. The van der Waals surface area contributed by atoms with Gasteiger partial charge >= 0.3 is 0 Å². The summed E-state index contributed by atoms with van der Waals surface area (Å²) in [5.41, 5.74) is 1.14. The molecule has 0 aromatic carbocycles. The quantitative estimate of drug-likeness (QED) is 0.904. The average molecular weight is 295 g/mol. The van der Waals surface area contributed by atoms with Gasteiger partial charge in [-0.15, -0.1) is 11.8 Å². The minimum Gasteiger partial charge on any atom is -0.308 e. The minimum absolute atomic E-state index is 0.477. The summed E-state index contributed by atoms with van der Waals surface area (Å²) < 4.78 is 0. The molecule has 2 fully saturated rings. The predicted octanol–water partition coefficient (Wildman–Crippen LogP) is 3.03. The van der Waals surface area contributed by atoms with Crippen molar-refractivity contribution in [2.45, 2.75) is 49.3 Å². The molecule has 2 heterocycles. The molecular formula is C14H21N3S2. The maximum absolute atomic E-state index is 4.79. The summed E-state index contributed by atoms with van der Waals surface area (Å²) in [6, 6.07) is 2.78. The fourth-order valence-corrected chi connectivity index (χ4v) is 5.33. The SMILES string of the molecule is CCC1SCCSC1c1nccc(CNC2CC2)n1. The Labute approximate surface area is 123 Å². The van der Waals surface area contributed by atoms with Crippen LogP contribution in [0.3, 0.4) is 0 Å². The highest BCUT2D eigenvalue weighted by Crippen LogP contribution is 2.42. The number of nitrogens with one attached hydrogen (secondary N) is 1. The first-order chi connectivity index (χ1) is 9.36. The van der Waals surface area contributed by atoms with Crippen molar-refractivity contribution in [3.05, 3.63) is 23.8 Å². The fourth-order valence-electron chi connectivity index (χ4n) is 2.33. The number of nitrogens with zero attached hydrogens (tertiary/aromatic N) is 2. The molecule has 2 aliphatic rings. The summed E-state index contributed by atoms with van der Waals surface area (Å²) in [6.45, 7) is 3.16.